The predicted molar refractivity (Wildman–Crippen MR) is 145 cm³/mol. The Morgan fingerprint density at radius 1 is 0.946 bits per heavy atom. The van der Waals surface area contributed by atoms with Crippen molar-refractivity contribution in [1.29, 1.82) is 0 Å². The van der Waals surface area contributed by atoms with Crippen molar-refractivity contribution >= 4 is 23.7 Å². The molecule has 2 unspecified atom stereocenters. The Morgan fingerprint density at radius 3 is 2.32 bits per heavy atom. The molecule has 5 amide bonds. The van der Waals surface area contributed by atoms with Gasteiger partial charge in [0.2, 0.25) is 5.91 Å². The Kier molecular flexibility index (Phi) is 9.04. The summed E-state index contributed by atoms with van der Waals surface area (Å²) in [6.45, 7) is 5.30. The number of amides is 5. The SMILES string of the molecule is Cc1ccc(NC(=O)NC(Cc2ccccc2)C(=O)N2CCN(C(=O)NC3CCCCC3)C(C)C2)cc1. The molecule has 0 aromatic heterocycles. The van der Waals surface area contributed by atoms with Gasteiger partial charge in [-0.05, 0) is 44.4 Å². The number of piperazine rings is 1. The third kappa shape index (κ3) is 7.47. The van der Waals surface area contributed by atoms with Crippen LogP contribution in [0.25, 0.3) is 0 Å². The Bertz CT molecular complexity index is 1050. The second kappa shape index (κ2) is 12.6. The number of carbonyl (C=O) groups is 3. The van der Waals surface area contributed by atoms with E-state index in [1.807, 2.05) is 73.3 Å². The highest BCUT2D eigenvalue weighted by Crippen LogP contribution is 2.19. The van der Waals surface area contributed by atoms with E-state index in [2.05, 4.69) is 16.0 Å². The van der Waals surface area contributed by atoms with Gasteiger partial charge in [-0.15, -0.1) is 0 Å². The van der Waals surface area contributed by atoms with Crippen molar-refractivity contribution in [2.45, 2.75) is 70.5 Å². The summed E-state index contributed by atoms with van der Waals surface area (Å²) in [6.07, 6.45) is 6.03. The molecule has 198 valence electrons. The molecule has 8 nitrogen and oxygen atoms in total. The molecule has 2 atom stereocenters. The molecule has 37 heavy (non-hydrogen) atoms. The van der Waals surface area contributed by atoms with Crippen LogP contribution >= 0.6 is 0 Å². The number of rotatable bonds is 6. The average molecular weight is 506 g/mol. The number of hydrogen-bond acceptors (Lipinski definition) is 3. The molecule has 1 heterocycles. The van der Waals surface area contributed by atoms with Gasteiger partial charge in [0.1, 0.15) is 6.04 Å². The highest BCUT2D eigenvalue weighted by molar-refractivity contribution is 5.94. The van der Waals surface area contributed by atoms with Crippen LogP contribution in [0.4, 0.5) is 15.3 Å². The molecule has 0 spiro atoms. The molecule has 4 rings (SSSR count). The molecule has 0 bridgehead atoms. The van der Waals surface area contributed by atoms with E-state index in [9.17, 15) is 14.4 Å². The molecule has 0 radical (unpaired) electrons. The van der Waals surface area contributed by atoms with E-state index in [4.69, 9.17) is 0 Å². The zero-order valence-corrected chi connectivity index (χ0v) is 21.9. The number of aryl methyl sites for hydroxylation is 1. The first kappa shape index (κ1) is 26.5. The van der Waals surface area contributed by atoms with Crippen LogP contribution < -0.4 is 16.0 Å². The Morgan fingerprint density at radius 2 is 1.65 bits per heavy atom. The minimum Gasteiger partial charge on any atom is -0.337 e. The molecule has 2 aliphatic rings. The van der Waals surface area contributed by atoms with Crippen molar-refractivity contribution in [2.75, 3.05) is 25.0 Å². The van der Waals surface area contributed by atoms with Crippen molar-refractivity contribution in [3.05, 3.63) is 65.7 Å². The number of carbonyl (C=O) groups excluding carboxylic acids is 3. The van der Waals surface area contributed by atoms with E-state index in [0.717, 1.165) is 36.8 Å². The highest BCUT2D eigenvalue weighted by Gasteiger charge is 2.34. The van der Waals surface area contributed by atoms with Crippen LogP contribution in [0, 0.1) is 6.92 Å². The lowest BCUT2D eigenvalue weighted by molar-refractivity contribution is -0.135. The van der Waals surface area contributed by atoms with E-state index >= 15 is 0 Å². The number of urea groups is 2. The number of nitrogens with one attached hydrogen (secondary N) is 3. The van der Waals surface area contributed by atoms with E-state index in [1.54, 1.807) is 4.90 Å². The van der Waals surface area contributed by atoms with Gasteiger partial charge in [0.15, 0.2) is 0 Å². The first-order chi connectivity index (χ1) is 17.9. The van der Waals surface area contributed by atoms with E-state index in [1.165, 1.54) is 6.42 Å². The summed E-state index contributed by atoms with van der Waals surface area (Å²) in [7, 11) is 0. The largest absolute Gasteiger partial charge is 0.337 e. The van der Waals surface area contributed by atoms with Gasteiger partial charge in [-0.25, -0.2) is 9.59 Å². The van der Waals surface area contributed by atoms with Gasteiger partial charge in [-0.2, -0.15) is 0 Å². The normalized spacial score (nSPS) is 19.1. The first-order valence-corrected chi connectivity index (χ1v) is 13.4. The number of nitrogens with zero attached hydrogens (tertiary/aromatic N) is 2. The third-order valence-electron chi connectivity index (χ3n) is 7.33. The van der Waals surface area contributed by atoms with Gasteiger partial charge in [-0.3, -0.25) is 4.79 Å². The van der Waals surface area contributed by atoms with Crippen molar-refractivity contribution in [3.8, 4) is 0 Å². The number of anilines is 1. The van der Waals surface area contributed by atoms with Gasteiger partial charge in [0, 0.05) is 43.8 Å². The van der Waals surface area contributed by atoms with Crippen LogP contribution in [0.5, 0.6) is 0 Å². The Labute approximate surface area is 219 Å². The van der Waals surface area contributed by atoms with E-state index in [-0.39, 0.29) is 24.0 Å². The second-order valence-electron chi connectivity index (χ2n) is 10.3. The van der Waals surface area contributed by atoms with Crippen LogP contribution in [0.1, 0.15) is 50.2 Å². The summed E-state index contributed by atoms with van der Waals surface area (Å²) in [6, 6.07) is 16.2. The van der Waals surface area contributed by atoms with Crippen molar-refractivity contribution in [2.24, 2.45) is 0 Å². The lowest BCUT2D eigenvalue weighted by Crippen LogP contribution is -2.61. The summed E-state index contributed by atoms with van der Waals surface area (Å²) in [4.78, 5) is 43.0. The smallest absolute Gasteiger partial charge is 0.319 e. The summed E-state index contributed by atoms with van der Waals surface area (Å²) >= 11 is 0. The molecule has 1 aliphatic carbocycles. The summed E-state index contributed by atoms with van der Waals surface area (Å²) in [5.41, 5.74) is 2.74. The molecule has 1 aliphatic heterocycles. The van der Waals surface area contributed by atoms with Crippen molar-refractivity contribution < 1.29 is 14.4 Å². The van der Waals surface area contributed by atoms with Crippen LogP contribution in [-0.4, -0.2) is 65.5 Å². The molecule has 8 heteroatoms. The molecule has 1 saturated heterocycles. The quantitative estimate of drug-likeness (QED) is 0.546. The standard InChI is InChI=1S/C29H39N5O3/c1-21-13-15-25(16-14-21)30-28(36)32-26(19-23-9-5-3-6-10-23)27(35)33-17-18-34(22(2)20-33)29(37)31-24-11-7-4-8-12-24/h3,5-6,9-10,13-16,22,24,26H,4,7-8,11-12,17-20H2,1-2H3,(H,31,37)(H2,30,32,36). The van der Waals surface area contributed by atoms with Crippen LogP contribution in [0.3, 0.4) is 0 Å². The van der Waals surface area contributed by atoms with Gasteiger partial charge >= 0.3 is 12.1 Å². The summed E-state index contributed by atoms with van der Waals surface area (Å²) < 4.78 is 0. The minimum absolute atomic E-state index is 0.0389. The van der Waals surface area contributed by atoms with Gasteiger partial charge < -0.3 is 25.8 Å². The summed E-state index contributed by atoms with van der Waals surface area (Å²) in [5, 5.41) is 8.91. The molecule has 1 saturated carbocycles. The summed E-state index contributed by atoms with van der Waals surface area (Å²) in [5.74, 6) is -0.137. The first-order valence-electron chi connectivity index (χ1n) is 13.4. The van der Waals surface area contributed by atoms with Gasteiger partial charge in [-0.1, -0.05) is 67.3 Å². The maximum absolute atomic E-state index is 13.6. The molecule has 2 aromatic carbocycles. The van der Waals surface area contributed by atoms with Gasteiger partial charge in [0.05, 0.1) is 0 Å². The topological polar surface area (TPSA) is 93.8 Å². The zero-order valence-electron chi connectivity index (χ0n) is 21.9. The lowest BCUT2D eigenvalue weighted by Gasteiger charge is -2.41. The van der Waals surface area contributed by atoms with Gasteiger partial charge in [0.25, 0.3) is 0 Å². The van der Waals surface area contributed by atoms with E-state index in [0.29, 0.717) is 31.7 Å². The molecule has 3 N–H and O–H groups in total. The van der Waals surface area contributed by atoms with Crippen LogP contribution in [-0.2, 0) is 11.2 Å². The fourth-order valence-corrected chi connectivity index (χ4v) is 5.20. The Hall–Kier alpha value is -3.55. The molecule has 2 aromatic rings. The fourth-order valence-electron chi connectivity index (χ4n) is 5.20. The molecular weight excluding hydrogens is 466 g/mol. The van der Waals surface area contributed by atoms with Crippen molar-refractivity contribution in [3.63, 3.8) is 0 Å². The highest BCUT2D eigenvalue weighted by atomic mass is 16.2. The minimum atomic E-state index is -0.720. The average Bonchev–Trinajstić information content (AvgIpc) is 2.90. The maximum atomic E-state index is 13.6. The second-order valence-corrected chi connectivity index (χ2v) is 10.3. The van der Waals surface area contributed by atoms with Crippen LogP contribution in [0.15, 0.2) is 54.6 Å². The number of hydrogen-bond donors (Lipinski definition) is 3. The predicted octanol–water partition coefficient (Wildman–Crippen LogP) is 4.30. The third-order valence-corrected chi connectivity index (χ3v) is 7.33. The van der Waals surface area contributed by atoms with Crippen LogP contribution in [0.2, 0.25) is 0 Å². The number of benzene rings is 2. The van der Waals surface area contributed by atoms with E-state index < -0.39 is 12.1 Å². The molecular formula is C29H39N5O3. The Balaban J connectivity index is 1.38. The molecule has 2 fully saturated rings. The monoisotopic (exact) mass is 505 g/mol. The zero-order chi connectivity index (χ0) is 26.2. The fraction of sp³-hybridized carbons (Fsp3) is 0.483. The lowest BCUT2D eigenvalue weighted by atomic mass is 9.96. The van der Waals surface area contributed by atoms with Crippen molar-refractivity contribution in [1.82, 2.24) is 20.4 Å². The maximum Gasteiger partial charge on any atom is 0.319 e.